The Morgan fingerprint density at radius 3 is 0.909 bits per heavy atom. The molecule has 2 heteroatoms. The van der Waals surface area contributed by atoms with E-state index in [4.69, 9.17) is 0 Å². The molecule has 11 rings (SSSR count). The Morgan fingerprint density at radius 2 is 0.568 bits per heavy atom. The molecular formula is C42H24N2. The third kappa shape index (κ3) is 2.72. The van der Waals surface area contributed by atoms with Gasteiger partial charge < -0.3 is 8.80 Å². The van der Waals surface area contributed by atoms with Gasteiger partial charge in [-0.2, -0.15) is 0 Å². The van der Waals surface area contributed by atoms with Gasteiger partial charge in [-0.3, -0.25) is 0 Å². The van der Waals surface area contributed by atoms with E-state index in [1.807, 2.05) is 0 Å². The second-order valence-electron chi connectivity index (χ2n) is 12.2. The van der Waals surface area contributed by atoms with E-state index in [-0.39, 0.29) is 0 Å². The van der Waals surface area contributed by atoms with Gasteiger partial charge in [0.2, 0.25) is 0 Å². The Labute approximate surface area is 252 Å². The van der Waals surface area contributed by atoms with E-state index in [1.54, 1.807) is 0 Å². The molecule has 4 heterocycles. The number of aromatic nitrogens is 2. The molecule has 0 spiro atoms. The molecule has 0 bridgehead atoms. The Kier molecular flexibility index (Phi) is 4.10. The number of rotatable bonds is 2. The van der Waals surface area contributed by atoms with Crippen LogP contribution >= 0.6 is 0 Å². The van der Waals surface area contributed by atoms with E-state index >= 15 is 0 Å². The van der Waals surface area contributed by atoms with Crippen molar-refractivity contribution in [1.82, 2.24) is 8.80 Å². The molecule has 0 saturated carbocycles. The van der Waals surface area contributed by atoms with Crippen molar-refractivity contribution in [1.29, 1.82) is 0 Å². The predicted molar refractivity (Wildman–Crippen MR) is 187 cm³/mol. The standard InChI is InChI=1S/C42H24N2/c1-5-16-37-29(12-1)33-21-27(22-34-30-13-2-6-17-38(30)43(37)41(33)34)25-10-9-11-26(20-25)28-23-35-31-14-3-7-18-39(31)44-40-19-8-4-15-32(40)36(24-28)42(35)44/h1-24H. The lowest BCUT2D eigenvalue weighted by Gasteiger charge is -2.09. The molecular weight excluding hydrogens is 532 g/mol. The molecule has 4 aromatic heterocycles. The maximum atomic E-state index is 2.45. The summed E-state index contributed by atoms with van der Waals surface area (Å²) in [6, 6.07) is 53.9. The smallest absolute Gasteiger partial charge is 0.0620 e. The molecule has 0 saturated heterocycles. The van der Waals surface area contributed by atoms with Gasteiger partial charge in [-0.1, -0.05) is 91.0 Å². The number of nitrogens with zero attached hydrogens (tertiary/aromatic N) is 2. The summed E-state index contributed by atoms with van der Waals surface area (Å²) in [7, 11) is 0. The molecule has 202 valence electrons. The van der Waals surface area contributed by atoms with Crippen LogP contribution in [0.1, 0.15) is 0 Å². The fourth-order valence-electron chi connectivity index (χ4n) is 8.11. The third-order valence-electron chi connectivity index (χ3n) is 9.94. The fraction of sp³-hybridized carbons (Fsp3) is 0. The van der Waals surface area contributed by atoms with Crippen molar-refractivity contribution in [3.05, 3.63) is 146 Å². The Hall–Kier alpha value is -5.86. The van der Waals surface area contributed by atoms with Gasteiger partial charge in [-0.15, -0.1) is 0 Å². The number of para-hydroxylation sites is 4. The van der Waals surface area contributed by atoms with Gasteiger partial charge in [0, 0.05) is 43.1 Å². The van der Waals surface area contributed by atoms with Crippen molar-refractivity contribution >= 4 is 76.2 Å². The van der Waals surface area contributed by atoms with Crippen LogP contribution < -0.4 is 0 Å². The lowest BCUT2D eigenvalue weighted by molar-refractivity contribution is 1.37. The van der Waals surface area contributed by atoms with Crippen LogP contribution in [-0.2, 0) is 0 Å². The topological polar surface area (TPSA) is 8.82 Å². The SMILES string of the molecule is c1cc(-c2cc3c4ccccc4n4c5ccccc5c(c2)c34)cc(-c2cc3c4ccccc4n4c5ccccc5c(c2)c34)c1. The van der Waals surface area contributed by atoms with Gasteiger partial charge in [0.25, 0.3) is 0 Å². The van der Waals surface area contributed by atoms with Gasteiger partial charge in [-0.05, 0) is 76.9 Å². The summed E-state index contributed by atoms with van der Waals surface area (Å²) in [5, 5.41) is 10.5. The summed E-state index contributed by atoms with van der Waals surface area (Å²) in [5.74, 6) is 0. The monoisotopic (exact) mass is 556 g/mol. The second kappa shape index (κ2) is 7.94. The minimum Gasteiger partial charge on any atom is -0.308 e. The summed E-state index contributed by atoms with van der Waals surface area (Å²) in [6.07, 6.45) is 0. The van der Waals surface area contributed by atoms with Gasteiger partial charge in [0.05, 0.1) is 33.1 Å². The second-order valence-corrected chi connectivity index (χ2v) is 12.2. The van der Waals surface area contributed by atoms with Crippen molar-refractivity contribution in [2.45, 2.75) is 0 Å². The number of hydrogen-bond acceptors (Lipinski definition) is 0. The van der Waals surface area contributed by atoms with Gasteiger partial charge in [0.1, 0.15) is 0 Å². The number of benzene rings is 7. The number of hydrogen-bond donors (Lipinski definition) is 0. The minimum atomic E-state index is 1.24. The molecule has 0 unspecified atom stereocenters. The van der Waals surface area contributed by atoms with Crippen molar-refractivity contribution in [2.75, 3.05) is 0 Å². The molecule has 7 aromatic carbocycles. The molecule has 0 aliphatic rings. The summed E-state index contributed by atoms with van der Waals surface area (Å²) in [5.41, 5.74) is 12.7. The van der Waals surface area contributed by atoms with Crippen LogP contribution in [0.25, 0.3) is 98.4 Å². The highest BCUT2D eigenvalue weighted by Crippen LogP contribution is 2.44. The van der Waals surface area contributed by atoms with Crippen LogP contribution in [0.2, 0.25) is 0 Å². The van der Waals surface area contributed by atoms with Crippen LogP contribution in [0.3, 0.4) is 0 Å². The van der Waals surface area contributed by atoms with E-state index in [2.05, 4.69) is 154 Å². The zero-order chi connectivity index (χ0) is 28.5. The lowest BCUT2D eigenvalue weighted by atomic mass is 9.95. The number of fused-ring (bicyclic) bond motifs is 12. The van der Waals surface area contributed by atoms with E-state index in [1.165, 1.54) is 98.4 Å². The maximum absolute atomic E-state index is 2.45. The predicted octanol–water partition coefficient (Wildman–Crippen LogP) is 11.3. The Bertz CT molecular complexity index is 2570. The molecule has 2 nitrogen and oxygen atoms in total. The first-order chi connectivity index (χ1) is 21.8. The van der Waals surface area contributed by atoms with Crippen LogP contribution in [0.5, 0.6) is 0 Å². The first kappa shape index (κ1) is 22.7. The average molecular weight is 557 g/mol. The van der Waals surface area contributed by atoms with Crippen LogP contribution in [0, 0.1) is 0 Å². The average Bonchev–Trinajstić information content (AvgIpc) is 3.81. The zero-order valence-electron chi connectivity index (χ0n) is 23.8. The van der Waals surface area contributed by atoms with Crippen molar-refractivity contribution in [3.8, 4) is 22.3 Å². The highest BCUT2D eigenvalue weighted by molar-refractivity contribution is 6.25. The van der Waals surface area contributed by atoms with E-state index in [9.17, 15) is 0 Å². The third-order valence-corrected chi connectivity index (χ3v) is 9.94. The molecule has 11 aromatic rings. The summed E-state index contributed by atoms with van der Waals surface area (Å²) in [6.45, 7) is 0. The molecule has 0 N–H and O–H groups in total. The summed E-state index contributed by atoms with van der Waals surface area (Å²) < 4.78 is 4.89. The van der Waals surface area contributed by atoms with Crippen LogP contribution in [-0.4, -0.2) is 8.80 Å². The molecule has 0 aliphatic carbocycles. The fourth-order valence-corrected chi connectivity index (χ4v) is 8.11. The molecule has 0 aliphatic heterocycles. The normalized spacial score (nSPS) is 12.5. The summed E-state index contributed by atoms with van der Waals surface area (Å²) >= 11 is 0. The molecule has 0 amide bonds. The molecule has 0 radical (unpaired) electrons. The highest BCUT2D eigenvalue weighted by Gasteiger charge is 2.20. The van der Waals surface area contributed by atoms with Gasteiger partial charge in [0.15, 0.2) is 0 Å². The van der Waals surface area contributed by atoms with E-state index in [0.717, 1.165) is 0 Å². The summed E-state index contributed by atoms with van der Waals surface area (Å²) in [4.78, 5) is 0. The van der Waals surface area contributed by atoms with Crippen molar-refractivity contribution < 1.29 is 0 Å². The largest absolute Gasteiger partial charge is 0.308 e. The Morgan fingerprint density at radius 1 is 0.250 bits per heavy atom. The lowest BCUT2D eigenvalue weighted by Crippen LogP contribution is -1.83. The van der Waals surface area contributed by atoms with Crippen LogP contribution in [0.4, 0.5) is 0 Å². The quantitative estimate of drug-likeness (QED) is 0.200. The van der Waals surface area contributed by atoms with Gasteiger partial charge >= 0.3 is 0 Å². The van der Waals surface area contributed by atoms with Gasteiger partial charge in [-0.25, -0.2) is 0 Å². The molecule has 44 heavy (non-hydrogen) atoms. The molecule has 0 atom stereocenters. The van der Waals surface area contributed by atoms with Crippen molar-refractivity contribution in [3.63, 3.8) is 0 Å². The van der Waals surface area contributed by atoms with E-state index in [0.29, 0.717) is 0 Å². The first-order valence-electron chi connectivity index (χ1n) is 15.3. The van der Waals surface area contributed by atoms with E-state index < -0.39 is 0 Å². The highest BCUT2D eigenvalue weighted by atomic mass is 14.9. The maximum Gasteiger partial charge on any atom is 0.0620 e. The first-order valence-corrected chi connectivity index (χ1v) is 15.3. The van der Waals surface area contributed by atoms with Crippen LogP contribution in [0.15, 0.2) is 146 Å². The Balaban J connectivity index is 1.19. The minimum absolute atomic E-state index is 1.24. The van der Waals surface area contributed by atoms with Crippen molar-refractivity contribution in [2.24, 2.45) is 0 Å². The molecule has 0 fully saturated rings. The zero-order valence-corrected chi connectivity index (χ0v) is 23.8.